The van der Waals surface area contributed by atoms with E-state index in [1.165, 1.54) is 17.0 Å². The van der Waals surface area contributed by atoms with Gasteiger partial charge in [0.15, 0.2) is 0 Å². The van der Waals surface area contributed by atoms with Gasteiger partial charge in [-0.25, -0.2) is 4.39 Å². The van der Waals surface area contributed by atoms with E-state index in [2.05, 4.69) is 37.2 Å². The van der Waals surface area contributed by atoms with Crippen molar-refractivity contribution >= 4 is 60.5 Å². The van der Waals surface area contributed by atoms with Crippen LogP contribution in [-0.4, -0.2) is 0 Å². The molecule has 0 saturated carbocycles. The summed E-state index contributed by atoms with van der Waals surface area (Å²) < 4.78 is 14.8. The molecule has 0 fully saturated rings. The molecule has 0 aliphatic rings. The van der Waals surface area contributed by atoms with E-state index >= 15 is 0 Å². The number of anilines is 1. The van der Waals surface area contributed by atoms with Gasteiger partial charge in [0.25, 0.3) is 0 Å². The lowest BCUT2D eigenvalue weighted by atomic mass is 10.2. The van der Waals surface area contributed by atoms with Gasteiger partial charge in [0.05, 0.1) is 16.8 Å². The largest absolute Gasteiger partial charge is 0.376 e. The van der Waals surface area contributed by atoms with Crippen LogP contribution < -0.4 is 5.32 Å². The smallest absolute Gasteiger partial charge is 0.125 e. The molecule has 96 valence electrons. The molecular formula is C12H9Br2ClFNS. The first kappa shape index (κ1) is 14.3. The van der Waals surface area contributed by atoms with Gasteiger partial charge < -0.3 is 5.32 Å². The summed E-state index contributed by atoms with van der Waals surface area (Å²) in [6.45, 7) is 2.03. The fourth-order valence-electron chi connectivity index (χ4n) is 1.52. The van der Waals surface area contributed by atoms with Gasteiger partial charge in [-0.3, -0.25) is 0 Å². The summed E-state index contributed by atoms with van der Waals surface area (Å²) >= 11 is 14.4. The van der Waals surface area contributed by atoms with Crippen molar-refractivity contribution in [1.82, 2.24) is 0 Å². The van der Waals surface area contributed by atoms with E-state index in [4.69, 9.17) is 11.6 Å². The van der Waals surface area contributed by atoms with E-state index in [1.807, 2.05) is 18.4 Å². The highest BCUT2D eigenvalue weighted by Crippen LogP contribution is 2.35. The zero-order valence-corrected chi connectivity index (χ0v) is 14.1. The normalized spacial score (nSPS) is 12.5. The van der Waals surface area contributed by atoms with Crippen LogP contribution in [0.3, 0.4) is 0 Å². The van der Waals surface area contributed by atoms with Crippen molar-refractivity contribution in [3.63, 3.8) is 0 Å². The van der Waals surface area contributed by atoms with E-state index in [0.717, 1.165) is 4.47 Å². The molecule has 1 unspecified atom stereocenters. The highest BCUT2D eigenvalue weighted by atomic mass is 79.9. The minimum atomic E-state index is -0.357. The van der Waals surface area contributed by atoms with Crippen LogP contribution in [0.1, 0.15) is 17.8 Å². The first-order valence-corrected chi connectivity index (χ1v) is 7.96. The number of benzene rings is 1. The Bertz CT molecular complexity index is 550. The second kappa shape index (κ2) is 5.90. The van der Waals surface area contributed by atoms with Gasteiger partial charge in [-0.05, 0) is 57.0 Å². The summed E-state index contributed by atoms with van der Waals surface area (Å²) in [6, 6.07) is 4.84. The van der Waals surface area contributed by atoms with Crippen molar-refractivity contribution in [1.29, 1.82) is 0 Å². The Balaban J connectivity index is 2.24. The molecule has 0 amide bonds. The topological polar surface area (TPSA) is 12.0 Å². The summed E-state index contributed by atoms with van der Waals surface area (Å²) in [5.41, 5.74) is 0.704. The highest BCUT2D eigenvalue weighted by molar-refractivity contribution is 9.10. The van der Waals surface area contributed by atoms with E-state index < -0.39 is 0 Å². The second-order valence-corrected chi connectivity index (χ2v) is 6.90. The van der Waals surface area contributed by atoms with Gasteiger partial charge in [-0.2, -0.15) is 0 Å². The quantitative estimate of drug-likeness (QED) is 0.628. The third-order valence-corrected chi connectivity index (χ3v) is 5.18. The zero-order valence-electron chi connectivity index (χ0n) is 9.31. The Hall–Kier alpha value is -0.100. The van der Waals surface area contributed by atoms with E-state index in [-0.39, 0.29) is 11.9 Å². The van der Waals surface area contributed by atoms with Crippen molar-refractivity contribution in [2.24, 2.45) is 0 Å². The average molecular weight is 414 g/mol. The van der Waals surface area contributed by atoms with Gasteiger partial charge in [-0.15, -0.1) is 11.3 Å². The lowest BCUT2D eigenvalue weighted by Gasteiger charge is -2.16. The molecule has 0 bridgehead atoms. The third-order valence-electron chi connectivity index (χ3n) is 2.38. The van der Waals surface area contributed by atoms with Crippen molar-refractivity contribution < 1.29 is 4.39 Å². The predicted molar refractivity (Wildman–Crippen MR) is 83.2 cm³/mol. The van der Waals surface area contributed by atoms with E-state index in [0.29, 0.717) is 15.2 Å². The summed E-state index contributed by atoms with van der Waals surface area (Å²) in [5.74, 6) is -0.357. The Labute approximate surface area is 131 Å². The lowest BCUT2D eigenvalue weighted by Crippen LogP contribution is -2.06. The summed E-state index contributed by atoms with van der Waals surface area (Å²) in [4.78, 5) is 1.18. The minimum absolute atomic E-state index is 0.0977. The van der Waals surface area contributed by atoms with Crippen LogP contribution in [0.15, 0.2) is 32.5 Å². The maximum absolute atomic E-state index is 13.1. The molecule has 2 rings (SSSR count). The van der Waals surface area contributed by atoms with Crippen LogP contribution in [0.5, 0.6) is 0 Å². The molecule has 2 aromatic rings. The minimum Gasteiger partial charge on any atom is -0.376 e. The predicted octanol–water partition coefficient (Wildman–Crippen LogP) is 6.24. The Kier molecular flexibility index (Phi) is 4.69. The number of thiophene rings is 1. The number of nitrogens with one attached hydrogen (secondary N) is 1. The van der Waals surface area contributed by atoms with Crippen LogP contribution in [0.4, 0.5) is 10.1 Å². The van der Waals surface area contributed by atoms with Crippen LogP contribution in [0, 0.1) is 5.82 Å². The van der Waals surface area contributed by atoms with Gasteiger partial charge in [0.2, 0.25) is 0 Å². The average Bonchev–Trinajstić information content (AvgIpc) is 2.70. The van der Waals surface area contributed by atoms with Crippen LogP contribution >= 0.6 is 54.8 Å². The zero-order chi connectivity index (χ0) is 13.3. The molecule has 0 radical (unpaired) electrons. The Morgan fingerprint density at radius 2 is 2.06 bits per heavy atom. The van der Waals surface area contributed by atoms with Crippen LogP contribution in [-0.2, 0) is 0 Å². The maximum Gasteiger partial charge on any atom is 0.125 e. The first-order valence-electron chi connectivity index (χ1n) is 5.12. The second-order valence-electron chi connectivity index (χ2n) is 3.78. The van der Waals surface area contributed by atoms with E-state index in [9.17, 15) is 4.39 Å². The van der Waals surface area contributed by atoms with Gasteiger partial charge in [-0.1, -0.05) is 11.6 Å². The molecule has 1 atom stereocenters. The Morgan fingerprint density at radius 1 is 1.33 bits per heavy atom. The number of halogens is 4. The fourth-order valence-corrected chi connectivity index (χ4v) is 3.90. The maximum atomic E-state index is 13.1. The molecule has 0 aliphatic carbocycles. The van der Waals surface area contributed by atoms with Crippen LogP contribution in [0.25, 0.3) is 0 Å². The molecule has 0 saturated heterocycles. The SMILES string of the molecule is CC(Nc1c(Cl)cc(F)cc1Br)c1cc(Br)cs1. The van der Waals surface area contributed by atoms with E-state index in [1.54, 1.807) is 11.3 Å². The molecular weight excluding hydrogens is 404 g/mol. The fraction of sp³-hybridized carbons (Fsp3) is 0.167. The highest BCUT2D eigenvalue weighted by Gasteiger charge is 2.13. The monoisotopic (exact) mass is 411 g/mol. The van der Waals surface area contributed by atoms with Gasteiger partial charge >= 0.3 is 0 Å². The molecule has 1 aromatic heterocycles. The first-order chi connectivity index (χ1) is 8.47. The lowest BCUT2D eigenvalue weighted by molar-refractivity contribution is 0.627. The van der Waals surface area contributed by atoms with Crippen LogP contribution in [0.2, 0.25) is 5.02 Å². The van der Waals surface area contributed by atoms with Crippen molar-refractivity contribution in [3.8, 4) is 0 Å². The molecule has 6 heteroatoms. The van der Waals surface area contributed by atoms with Crippen molar-refractivity contribution in [2.75, 3.05) is 5.32 Å². The molecule has 1 heterocycles. The van der Waals surface area contributed by atoms with Crippen molar-refractivity contribution in [2.45, 2.75) is 13.0 Å². The molecule has 1 nitrogen and oxygen atoms in total. The molecule has 1 aromatic carbocycles. The number of hydrogen-bond donors (Lipinski definition) is 1. The molecule has 1 N–H and O–H groups in total. The molecule has 0 spiro atoms. The van der Waals surface area contributed by atoms with Gasteiger partial charge in [0.1, 0.15) is 5.82 Å². The number of rotatable bonds is 3. The van der Waals surface area contributed by atoms with Gasteiger partial charge in [0, 0.05) is 19.2 Å². The number of hydrogen-bond acceptors (Lipinski definition) is 2. The summed E-state index contributed by atoms with van der Waals surface area (Å²) in [5, 5.41) is 5.67. The summed E-state index contributed by atoms with van der Waals surface area (Å²) in [7, 11) is 0. The molecule has 0 aliphatic heterocycles. The molecule has 18 heavy (non-hydrogen) atoms. The third kappa shape index (κ3) is 3.26. The summed E-state index contributed by atoms with van der Waals surface area (Å²) in [6.07, 6.45) is 0. The van der Waals surface area contributed by atoms with Crippen molar-refractivity contribution in [3.05, 3.63) is 48.2 Å². The standard InChI is InChI=1S/C12H9Br2ClFNS/c1-6(11-2-7(13)5-18-11)17-12-9(14)3-8(16)4-10(12)15/h2-6,17H,1H3. The Morgan fingerprint density at radius 3 is 2.61 bits per heavy atom.